The zero-order valence-corrected chi connectivity index (χ0v) is 11.2. The molecule has 0 bridgehead atoms. The summed E-state index contributed by atoms with van der Waals surface area (Å²) >= 11 is 3.65. The van der Waals surface area contributed by atoms with Gasteiger partial charge < -0.3 is 21.7 Å². The summed E-state index contributed by atoms with van der Waals surface area (Å²) in [6.07, 6.45) is 0.385. The highest BCUT2D eigenvalue weighted by Crippen LogP contribution is 2.01. The second-order valence-electron chi connectivity index (χ2n) is 3.76. The first-order chi connectivity index (χ1) is 8.88. The lowest BCUT2D eigenvalue weighted by Crippen LogP contribution is -2.32. The van der Waals surface area contributed by atoms with E-state index >= 15 is 0 Å². The fourth-order valence-electron chi connectivity index (χ4n) is 1.03. The fraction of sp³-hybridized carbons (Fsp3) is 0.333. The van der Waals surface area contributed by atoms with Gasteiger partial charge in [0.25, 0.3) is 0 Å². The molecule has 0 fully saturated rings. The van der Waals surface area contributed by atoms with E-state index < -0.39 is 24.0 Å². The Bertz CT molecular complexity index is 400. The molecule has 1 aromatic carbocycles. The summed E-state index contributed by atoms with van der Waals surface area (Å²) in [6.45, 7) is 0. The molecule has 0 saturated heterocycles. The number of benzene rings is 1. The van der Waals surface area contributed by atoms with Crippen LogP contribution in [0.4, 0.5) is 0 Å². The van der Waals surface area contributed by atoms with Gasteiger partial charge in [0, 0.05) is 5.75 Å². The summed E-state index contributed by atoms with van der Waals surface area (Å²) in [5.74, 6) is -1.77. The van der Waals surface area contributed by atoms with Crippen molar-refractivity contribution in [3.05, 3.63) is 35.9 Å². The maximum atomic E-state index is 10.4. The quantitative estimate of drug-likeness (QED) is 0.484. The van der Waals surface area contributed by atoms with Crippen molar-refractivity contribution in [3.8, 4) is 0 Å². The van der Waals surface area contributed by atoms with Crippen LogP contribution in [0.15, 0.2) is 30.3 Å². The van der Waals surface area contributed by atoms with Gasteiger partial charge in [-0.05, 0) is 12.0 Å². The van der Waals surface area contributed by atoms with Gasteiger partial charge in [-0.15, -0.1) is 0 Å². The van der Waals surface area contributed by atoms with Crippen LogP contribution in [0.3, 0.4) is 0 Å². The van der Waals surface area contributed by atoms with Crippen molar-refractivity contribution in [2.24, 2.45) is 11.5 Å². The average Bonchev–Trinajstić information content (AvgIpc) is 2.39. The monoisotopic (exact) mass is 286 g/mol. The molecule has 0 spiro atoms. The SMILES string of the molecule is NC(CS)C(=O)O.NC(Cc1ccccc1)C(=O)O. The van der Waals surface area contributed by atoms with E-state index in [0.29, 0.717) is 6.42 Å². The number of hydrogen-bond acceptors (Lipinski definition) is 5. The minimum atomic E-state index is -1.00. The molecular weight excluding hydrogens is 268 g/mol. The molecule has 0 aliphatic heterocycles. The number of carboxylic acid groups (broad SMARTS) is 2. The second-order valence-corrected chi connectivity index (χ2v) is 4.13. The number of rotatable bonds is 5. The Morgan fingerprint density at radius 3 is 1.84 bits per heavy atom. The molecule has 6 N–H and O–H groups in total. The number of hydrogen-bond donors (Lipinski definition) is 5. The van der Waals surface area contributed by atoms with Crippen molar-refractivity contribution < 1.29 is 19.8 Å². The maximum absolute atomic E-state index is 10.4. The van der Waals surface area contributed by atoms with Crippen molar-refractivity contribution in [1.82, 2.24) is 0 Å². The van der Waals surface area contributed by atoms with Crippen LogP contribution >= 0.6 is 12.6 Å². The highest BCUT2D eigenvalue weighted by Gasteiger charge is 2.10. The van der Waals surface area contributed by atoms with Crippen LogP contribution in [0.25, 0.3) is 0 Å². The molecule has 0 saturated carbocycles. The molecule has 0 amide bonds. The Morgan fingerprint density at radius 1 is 1.05 bits per heavy atom. The molecule has 2 unspecified atom stereocenters. The van der Waals surface area contributed by atoms with Crippen molar-refractivity contribution >= 4 is 24.6 Å². The highest BCUT2D eigenvalue weighted by atomic mass is 32.1. The average molecular weight is 286 g/mol. The van der Waals surface area contributed by atoms with Crippen LogP contribution in [0.5, 0.6) is 0 Å². The topological polar surface area (TPSA) is 127 Å². The Morgan fingerprint density at radius 2 is 1.53 bits per heavy atom. The molecule has 1 rings (SSSR count). The number of carbonyl (C=O) groups is 2. The van der Waals surface area contributed by atoms with E-state index in [2.05, 4.69) is 12.6 Å². The van der Waals surface area contributed by atoms with Crippen molar-refractivity contribution in [2.45, 2.75) is 18.5 Å². The molecule has 0 aliphatic rings. The van der Waals surface area contributed by atoms with Gasteiger partial charge in [-0.2, -0.15) is 12.6 Å². The smallest absolute Gasteiger partial charge is 0.321 e. The highest BCUT2D eigenvalue weighted by molar-refractivity contribution is 7.80. The molecule has 19 heavy (non-hydrogen) atoms. The van der Waals surface area contributed by atoms with E-state index in [1.807, 2.05) is 30.3 Å². The fourth-order valence-corrected chi connectivity index (χ4v) is 1.19. The van der Waals surface area contributed by atoms with Gasteiger partial charge in [-0.1, -0.05) is 30.3 Å². The normalized spacial score (nSPS) is 12.8. The predicted octanol–water partition coefficient (Wildman–Crippen LogP) is -0.0309. The number of nitrogens with two attached hydrogens (primary N) is 2. The molecule has 1 aromatic rings. The summed E-state index contributed by atoms with van der Waals surface area (Å²) in [6, 6.07) is 7.73. The molecule has 0 aromatic heterocycles. The van der Waals surface area contributed by atoms with E-state index in [-0.39, 0.29) is 5.75 Å². The lowest BCUT2D eigenvalue weighted by molar-refractivity contribution is -0.139. The standard InChI is InChI=1S/C9H11NO2.C3H7NO2S/c10-8(9(11)12)6-7-4-2-1-3-5-7;4-2(1-7)3(5)6/h1-5,8H,6,10H2,(H,11,12);2,7H,1,4H2,(H,5,6). The molecular formula is C12H18N2O4S. The van der Waals surface area contributed by atoms with Crippen LogP contribution in [0.1, 0.15) is 5.56 Å². The molecule has 7 heteroatoms. The third-order valence-electron chi connectivity index (χ3n) is 2.13. The van der Waals surface area contributed by atoms with Crippen molar-refractivity contribution in [3.63, 3.8) is 0 Å². The van der Waals surface area contributed by atoms with Crippen LogP contribution in [-0.4, -0.2) is 40.0 Å². The summed E-state index contributed by atoms with van der Waals surface area (Å²) in [4.78, 5) is 20.1. The number of thiol groups is 1. The molecule has 2 atom stereocenters. The Kier molecular flexibility index (Phi) is 8.60. The van der Waals surface area contributed by atoms with Crippen molar-refractivity contribution in [1.29, 1.82) is 0 Å². The van der Waals surface area contributed by atoms with Crippen LogP contribution in [0, 0.1) is 0 Å². The van der Waals surface area contributed by atoms with E-state index in [9.17, 15) is 9.59 Å². The van der Waals surface area contributed by atoms with Crippen LogP contribution < -0.4 is 11.5 Å². The van der Waals surface area contributed by atoms with Gasteiger partial charge in [-0.25, -0.2) is 0 Å². The number of carboxylic acids is 2. The van der Waals surface area contributed by atoms with Gasteiger partial charge >= 0.3 is 11.9 Å². The molecule has 6 nitrogen and oxygen atoms in total. The van der Waals surface area contributed by atoms with Gasteiger partial charge in [0.05, 0.1) is 0 Å². The first kappa shape index (κ1) is 17.4. The second kappa shape index (κ2) is 9.37. The number of aliphatic carboxylic acids is 2. The van der Waals surface area contributed by atoms with E-state index in [1.54, 1.807) is 0 Å². The Labute approximate surface area is 116 Å². The van der Waals surface area contributed by atoms with Crippen molar-refractivity contribution in [2.75, 3.05) is 5.75 Å². The lowest BCUT2D eigenvalue weighted by atomic mass is 10.1. The van der Waals surface area contributed by atoms with Gasteiger partial charge in [0.1, 0.15) is 12.1 Å². The predicted molar refractivity (Wildman–Crippen MR) is 75.2 cm³/mol. The zero-order chi connectivity index (χ0) is 14.8. The summed E-state index contributed by atoms with van der Waals surface area (Å²) in [5, 5.41) is 16.5. The van der Waals surface area contributed by atoms with Gasteiger partial charge in [-0.3, -0.25) is 9.59 Å². The van der Waals surface area contributed by atoms with E-state index in [4.69, 9.17) is 21.7 Å². The Hall–Kier alpha value is -1.57. The first-order valence-electron chi connectivity index (χ1n) is 5.50. The van der Waals surface area contributed by atoms with E-state index in [0.717, 1.165) is 5.56 Å². The summed E-state index contributed by atoms with van der Waals surface area (Å²) < 4.78 is 0. The lowest BCUT2D eigenvalue weighted by Gasteiger charge is -2.04. The maximum Gasteiger partial charge on any atom is 0.321 e. The summed E-state index contributed by atoms with van der Waals surface area (Å²) in [7, 11) is 0. The van der Waals surface area contributed by atoms with Gasteiger partial charge in [0.2, 0.25) is 0 Å². The minimum absolute atomic E-state index is 0.190. The van der Waals surface area contributed by atoms with E-state index in [1.165, 1.54) is 0 Å². The zero-order valence-electron chi connectivity index (χ0n) is 10.3. The first-order valence-corrected chi connectivity index (χ1v) is 6.13. The van der Waals surface area contributed by atoms with Crippen LogP contribution in [-0.2, 0) is 16.0 Å². The van der Waals surface area contributed by atoms with Gasteiger partial charge in [0.15, 0.2) is 0 Å². The van der Waals surface area contributed by atoms with Crippen LogP contribution in [0.2, 0.25) is 0 Å². The molecule has 106 valence electrons. The molecule has 0 radical (unpaired) electrons. The molecule has 0 aliphatic carbocycles. The Balaban J connectivity index is 0.000000399. The minimum Gasteiger partial charge on any atom is -0.480 e. The summed E-state index contributed by atoms with van der Waals surface area (Å²) in [5.41, 5.74) is 11.2. The molecule has 0 heterocycles. The third-order valence-corrected chi connectivity index (χ3v) is 2.52. The largest absolute Gasteiger partial charge is 0.480 e. The third kappa shape index (κ3) is 8.20.